The van der Waals surface area contributed by atoms with Gasteiger partial charge in [-0.1, -0.05) is 6.07 Å². The molecule has 0 saturated heterocycles. The fourth-order valence-electron chi connectivity index (χ4n) is 1.59. The molecule has 0 aliphatic heterocycles. The number of ether oxygens (including phenoxy) is 1. The number of nitrogens with zero attached hydrogens (tertiary/aromatic N) is 1. The molecule has 0 aliphatic rings. The van der Waals surface area contributed by atoms with Crippen LogP contribution in [0.15, 0.2) is 36.5 Å². The van der Waals surface area contributed by atoms with Crippen molar-refractivity contribution in [3.05, 3.63) is 59.4 Å². The molecule has 0 spiro atoms. The van der Waals surface area contributed by atoms with E-state index in [-0.39, 0.29) is 17.9 Å². The Morgan fingerprint density at radius 1 is 1.25 bits per heavy atom. The van der Waals surface area contributed by atoms with Crippen molar-refractivity contribution in [3.63, 3.8) is 0 Å². The minimum Gasteiger partial charge on any atom is -0.462 e. The van der Waals surface area contributed by atoms with E-state index in [0.717, 1.165) is 11.8 Å². The summed E-state index contributed by atoms with van der Waals surface area (Å²) in [6.07, 6.45) is 2.03. The van der Waals surface area contributed by atoms with Gasteiger partial charge >= 0.3 is 5.97 Å². The molecular formula is C14H12F2N2O2. The lowest BCUT2D eigenvalue weighted by molar-refractivity contribution is 0.0503. The van der Waals surface area contributed by atoms with E-state index in [0.29, 0.717) is 12.5 Å². The molecule has 0 amide bonds. The van der Waals surface area contributed by atoms with E-state index < -0.39 is 17.6 Å². The molecular weight excluding hydrogens is 266 g/mol. The number of nitrogen functional groups attached to an aromatic ring is 1. The number of carbonyl (C=O) groups excluding carboxylic acids is 1. The molecule has 0 saturated carbocycles. The molecule has 0 fully saturated rings. The highest BCUT2D eigenvalue weighted by Crippen LogP contribution is 2.17. The summed E-state index contributed by atoms with van der Waals surface area (Å²) in [4.78, 5) is 15.7. The fourth-order valence-corrected chi connectivity index (χ4v) is 1.59. The van der Waals surface area contributed by atoms with Gasteiger partial charge in [-0.25, -0.2) is 13.6 Å². The Morgan fingerprint density at radius 3 is 2.75 bits per heavy atom. The van der Waals surface area contributed by atoms with Crippen LogP contribution in [0.4, 0.5) is 14.5 Å². The maximum atomic E-state index is 13.4. The van der Waals surface area contributed by atoms with E-state index in [1.54, 1.807) is 18.3 Å². The lowest BCUT2D eigenvalue weighted by Crippen LogP contribution is -2.11. The third kappa shape index (κ3) is 3.28. The van der Waals surface area contributed by atoms with Crippen molar-refractivity contribution in [2.75, 3.05) is 12.3 Å². The number of pyridine rings is 1. The van der Waals surface area contributed by atoms with Crippen molar-refractivity contribution in [2.24, 2.45) is 0 Å². The Bertz CT molecular complexity index is 618. The summed E-state index contributed by atoms with van der Waals surface area (Å²) in [6, 6.07) is 6.85. The summed E-state index contributed by atoms with van der Waals surface area (Å²) < 4.78 is 31.3. The number of nitrogens with two attached hydrogens (primary N) is 1. The average molecular weight is 278 g/mol. The minimum atomic E-state index is -1.00. The minimum absolute atomic E-state index is 0.0482. The van der Waals surface area contributed by atoms with Gasteiger partial charge in [0, 0.05) is 24.4 Å². The maximum absolute atomic E-state index is 13.4. The van der Waals surface area contributed by atoms with Gasteiger partial charge in [0.15, 0.2) is 0 Å². The highest BCUT2D eigenvalue weighted by Gasteiger charge is 2.16. The van der Waals surface area contributed by atoms with E-state index in [1.165, 1.54) is 0 Å². The van der Waals surface area contributed by atoms with Crippen LogP contribution < -0.4 is 5.73 Å². The summed E-state index contributed by atoms with van der Waals surface area (Å²) in [5.74, 6) is -2.79. The molecule has 0 aliphatic carbocycles. The summed E-state index contributed by atoms with van der Waals surface area (Å²) >= 11 is 0. The highest BCUT2D eigenvalue weighted by atomic mass is 19.1. The Kier molecular flexibility index (Phi) is 4.24. The predicted molar refractivity (Wildman–Crippen MR) is 69.0 cm³/mol. The molecule has 104 valence electrons. The Labute approximate surface area is 114 Å². The SMILES string of the molecule is Nc1cc(C(=O)OCCc2ccccn2)c(F)cc1F. The summed E-state index contributed by atoms with van der Waals surface area (Å²) in [6.45, 7) is 0.0482. The zero-order valence-electron chi connectivity index (χ0n) is 10.5. The van der Waals surface area contributed by atoms with Gasteiger partial charge in [-0.15, -0.1) is 0 Å². The van der Waals surface area contributed by atoms with Crippen molar-refractivity contribution >= 4 is 11.7 Å². The standard InChI is InChI=1S/C14H12F2N2O2/c15-11-8-12(16)13(17)7-10(11)14(19)20-6-4-9-3-1-2-5-18-9/h1-3,5,7-8H,4,6,17H2. The first-order valence-electron chi connectivity index (χ1n) is 5.89. The van der Waals surface area contributed by atoms with E-state index in [1.807, 2.05) is 6.07 Å². The van der Waals surface area contributed by atoms with Gasteiger partial charge in [0.2, 0.25) is 0 Å². The molecule has 0 radical (unpaired) electrons. The lowest BCUT2D eigenvalue weighted by atomic mass is 10.2. The average Bonchev–Trinajstić information content (AvgIpc) is 2.44. The van der Waals surface area contributed by atoms with Crippen LogP contribution in [0.5, 0.6) is 0 Å². The van der Waals surface area contributed by atoms with E-state index in [4.69, 9.17) is 10.5 Å². The number of aromatic nitrogens is 1. The molecule has 1 heterocycles. The van der Waals surface area contributed by atoms with Gasteiger partial charge in [-0.3, -0.25) is 4.98 Å². The Morgan fingerprint density at radius 2 is 2.05 bits per heavy atom. The van der Waals surface area contributed by atoms with Crippen LogP contribution in [0.2, 0.25) is 0 Å². The quantitative estimate of drug-likeness (QED) is 0.688. The first-order valence-corrected chi connectivity index (χ1v) is 5.89. The van der Waals surface area contributed by atoms with Crippen LogP contribution in [-0.2, 0) is 11.2 Å². The molecule has 2 aromatic rings. The molecule has 2 rings (SSSR count). The smallest absolute Gasteiger partial charge is 0.341 e. The molecule has 0 bridgehead atoms. The van der Waals surface area contributed by atoms with Crippen LogP contribution in [0.1, 0.15) is 16.1 Å². The monoisotopic (exact) mass is 278 g/mol. The number of halogens is 2. The summed E-state index contributed by atoms with van der Waals surface area (Å²) in [5.41, 5.74) is 5.35. The van der Waals surface area contributed by atoms with Crippen molar-refractivity contribution in [1.29, 1.82) is 0 Å². The van der Waals surface area contributed by atoms with Crippen LogP contribution >= 0.6 is 0 Å². The number of carbonyl (C=O) groups is 1. The van der Waals surface area contributed by atoms with Gasteiger partial charge in [0.1, 0.15) is 11.6 Å². The predicted octanol–water partition coefficient (Wildman–Crippen LogP) is 2.34. The van der Waals surface area contributed by atoms with Crippen molar-refractivity contribution in [1.82, 2.24) is 4.98 Å². The maximum Gasteiger partial charge on any atom is 0.341 e. The number of rotatable bonds is 4. The first-order chi connectivity index (χ1) is 9.58. The zero-order valence-corrected chi connectivity index (χ0v) is 10.5. The normalized spacial score (nSPS) is 10.3. The molecule has 6 heteroatoms. The van der Waals surface area contributed by atoms with Crippen molar-refractivity contribution < 1.29 is 18.3 Å². The number of hydrogen-bond acceptors (Lipinski definition) is 4. The van der Waals surface area contributed by atoms with Crippen molar-refractivity contribution in [3.8, 4) is 0 Å². The van der Waals surface area contributed by atoms with Gasteiger partial charge in [0.25, 0.3) is 0 Å². The number of hydrogen-bond donors (Lipinski definition) is 1. The zero-order chi connectivity index (χ0) is 14.5. The van der Waals surface area contributed by atoms with Crippen LogP contribution in [-0.4, -0.2) is 17.6 Å². The van der Waals surface area contributed by atoms with Gasteiger partial charge in [-0.05, 0) is 18.2 Å². The third-order valence-corrected chi connectivity index (χ3v) is 2.62. The number of benzene rings is 1. The summed E-state index contributed by atoms with van der Waals surface area (Å²) in [7, 11) is 0. The van der Waals surface area contributed by atoms with Crippen LogP contribution in [0.25, 0.3) is 0 Å². The van der Waals surface area contributed by atoms with E-state index in [9.17, 15) is 13.6 Å². The molecule has 0 atom stereocenters. The highest BCUT2D eigenvalue weighted by molar-refractivity contribution is 5.90. The van der Waals surface area contributed by atoms with Crippen LogP contribution in [0, 0.1) is 11.6 Å². The second kappa shape index (κ2) is 6.10. The Hall–Kier alpha value is -2.50. The molecule has 1 aromatic heterocycles. The molecule has 0 unspecified atom stereocenters. The molecule has 2 N–H and O–H groups in total. The topological polar surface area (TPSA) is 65.2 Å². The van der Waals surface area contributed by atoms with Gasteiger partial charge in [-0.2, -0.15) is 0 Å². The first kappa shape index (κ1) is 13.9. The third-order valence-electron chi connectivity index (χ3n) is 2.62. The number of anilines is 1. The van der Waals surface area contributed by atoms with E-state index >= 15 is 0 Å². The molecule has 4 nitrogen and oxygen atoms in total. The van der Waals surface area contributed by atoms with E-state index in [2.05, 4.69) is 4.98 Å². The van der Waals surface area contributed by atoms with Gasteiger partial charge in [0.05, 0.1) is 17.9 Å². The second-order valence-corrected chi connectivity index (χ2v) is 4.06. The summed E-state index contributed by atoms with van der Waals surface area (Å²) in [5, 5.41) is 0. The van der Waals surface area contributed by atoms with Crippen LogP contribution in [0.3, 0.4) is 0 Å². The largest absolute Gasteiger partial charge is 0.462 e. The molecule has 20 heavy (non-hydrogen) atoms. The lowest BCUT2D eigenvalue weighted by Gasteiger charge is -2.06. The molecule has 1 aromatic carbocycles. The number of esters is 1. The fraction of sp³-hybridized carbons (Fsp3) is 0.143. The Balaban J connectivity index is 1.97. The van der Waals surface area contributed by atoms with Gasteiger partial charge < -0.3 is 10.5 Å². The second-order valence-electron chi connectivity index (χ2n) is 4.06. The van der Waals surface area contributed by atoms with Crippen molar-refractivity contribution in [2.45, 2.75) is 6.42 Å².